The Labute approximate surface area is 117 Å². The van der Waals surface area contributed by atoms with Gasteiger partial charge in [0.2, 0.25) is 0 Å². The van der Waals surface area contributed by atoms with E-state index in [1.165, 1.54) is 13.5 Å². The first-order valence-corrected chi connectivity index (χ1v) is 7.47. The van der Waals surface area contributed by atoms with Gasteiger partial charge in [0.1, 0.15) is 5.54 Å². The fourth-order valence-electron chi connectivity index (χ4n) is 3.23. The van der Waals surface area contributed by atoms with Crippen LogP contribution in [0, 0.1) is 11.8 Å². The molecule has 1 aliphatic heterocycles. The van der Waals surface area contributed by atoms with Crippen LogP contribution in [-0.4, -0.2) is 49.7 Å². The fourth-order valence-corrected chi connectivity index (χ4v) is 3.23. The summed E-state index contributed by atoms with van der Waals surface area (Å²) in [4.78, 5) is 14.4. The van der Waals surface area contributed by atoms with Crippen LogP contribution in [0.2, 0.25) is 0 Å². The molecule has 1 fully saturated rings. The molecule has 4 nitrogen and oxygen atoms in total. The number of methoxy groups -OCH3 is 1. The molecule has 1 heterocycles. The number of likely N-dealkylation sites (tertiary alicyclic amines) is 1. The zero-order valence-corrected chi connectivity index (χ0v) is 13.2. The zero-order chi connectivity index (χ0) is 14.5. The largest absolute Gasteiger partial charge is 0.468 e. The van der Waals surface area contributed by atoms with Crippen LogP contribution in [0.15, 0.2) is 0 Å². The van der Waals surface area contributed by atoms with E-state index >= 15 is 0 Å². The molecule has 0 radical (unpaired) electrons. The first-order chi connectivity index (χ1) is 8.91. The SMILES string of the molecule is CCNC(C)(CCN1CC(C)CC(C)C1)C(=O)OC. The molecular weight excluding hydrogens is 240 g/mol. The van der Waals surface area contributed by atoms with Gasteiger partial charge in [0.05, 0.1) is 7.11 Å². The topological polar surface area (TPSA) is 41.6 Å². The van der Waals surface area contributed by atoms with Crippen molar-refractivity contribution in [1.82, 2.24) is 10.2 Å². The summed E-state index contributed by atoms with van der Waals surface area (Å²) >= 11 is 0. The van der Waals surface area contributed by atoms with Crippen LogP contribution >= 0.6 is 0 Å². The van der Waals surface area contributed by atoms with Gasteiger partial charge in [0.15, 0.2) is 0 Å². The number of nitrogens with one attached hydrogen (secondary N) is 1. The van der Waals surface area contributed by atoms with E-state index in [-0.39, 0.29) is 5.97 Å². The van der Waals surface area contributed by atoms with Crippen LogP contribution < -0.4 is 5.32 Å². The number of hydrogen-bond donors (Lipinski definition) is 1. The van der Waals surface area contributed by atoms with E-state index in [0.717, 1.165) is 44.4 Å². The van der Waals surface area contributed by atoms with Gasteiger partial charge in [-0.05, 0) is 38.1 Å². The first-order valence-electron chi connectivity index (χ1n) is 7.47. The third-order valence-corrected chi connectivity index (χ3v) is 4.08. The van der Waals surface area contributed by atoms with Crippen molar-refractivity contribution in [3.8, 4) is 0 Å². The van der Waals surface area contributed by atoms with Crippen LogP contribution in [0.3, 0.4) is 0 Å². The summed E-state index contributed by atoms with van der Waals surface area (Å²) in [7, 11) is 1.46. The van der Waals surface area contributed by atoms with Crippen molar-refractivity contribution in [2.24, 2.45) is 11.8 Å². The molecule has 0 amide bonds. The molecule has 3 atom stereocenters. The number of piperidine rings is 1. The van der Waals surface area contributed by atoms with Crippen molar-refractivity contribution in [1.29, 1.82) is 0 Å². The van der Waals surface area contributed by atoms with Gasteiger partial charge in [-0.3, -0.25) is 4.79 Å². The van der Waals surface area contributed by atoms with Crippen molar-refractivity contribution in [2.45, 2.75) is 46.1 Å². The summed E-state index contributed by atoms with van der Waals surface area (Å²) in [6.45, 7) is 12.6. The second-order valence-electron chi connectivity index (χ2n) is 6.31. The number of hydrogen-bond acceptors (Lipinski definition) is 4. The molecule has 3 unspecified atom stereocenters. The van der Waals surface area contributed by atoms with Crippen LogP contribution in [0.5, 0.6) is 0 Å². The summed E-state index contributed by atoms with van der Waals surface area (Å²) in [5.41, 5.74) is -0.562. The maximum Gasteiger partial charge on any atom is 0.325 e. The summed E-state index contributed by atoms with van der Waals surface area (Å²) < 4.78 is 4.93. The van der Waals surface area contributed by atoms with Gasteiger partial charge >= 0.3 is 5.97 Å². The molecule has 4 heteroatoms. The minimum absolute atomic E-state index is 0.160. The van der Waals surface area contributed by atoms with Crippen molar-refractivity contribution >= 4 is 5.97 Å². The molecule has 0 aromatic rings. The molecule has 112 valence electrons. The maximum atomic E-state index is 11.9. The van der Waals surface area contributed by atoms with Gasteiger partial charge in [-0.1, -0.05) is 20.8 Å². The Balaban J connectivity index is 2.54. The molecule has 0 aromatic carbocycles. The van der Waals surface area contributed by atoms with Gasteiger partial charge in [-0.15, -0.1) is 0 Å². The molecule has 0 aliphatic carbocycles. The highest BCUT2D eigenvalue weighted by atomic mass is 16.5. The first kappa shape index (κ1) is 16.4. The summed E-state index contributed by atoms with van der Waals surface area (Å²) in [5, 5.41) is 3.27. The van der Waals surface area contributed by atoms with E-state index in [0.29, 0.717) is 0 Å². The van der Waals surface area contributed by atoms with Crippen LogP contribution in [-0.2, 0) is 9.53 Å². The van der Waals surface area contributed by atoms with Crippen molar-refractivity contribution in [3.63, 3.8) is 0 Å². The average molecular weight is 270 g/mol. The number of esters is 1. The lowest BCUT2D eigenvalue weighted by atomic mass is 9.90. The van der Waals surface area contributed by atoms with Crippen LogP contribution in [0.25, 0.3) is 0 Å². The van der Waals surface area contributed by atoms with E-state index in [2.05, 4.69) is 24.1 Å². The monoisotopic (exact) mass is 270 g/mol. The zero-order valence-electron chi connectivity index (χ0n) is 13.2. The Hall–Kier alpha value is -0.610. The number of carbonyl (C=O) groups is 1. The lowest BCUT2D eigenvalue weighted by Gasteiger charge is -2.37. The van der Waals surface area contributed by atoms with Crippen molar-refractivity contribution < 1.29 is 9.53 Å². The molecule has 1 saturated heterocycles. The number of carbonyl (C=O) groups excluding carboxylic acids is 1. The predicted molar refractivity (Wildman–Crippen MR) is 78.1 cm³/mol. The van der Waals surface area contributed by atoms with Gasteiger partial charge in [-0.2, -0.15) is 0 Å². The molecule has 1 rings (SSSR count). The lowest BCUT2D eigenvalue weighted by Crippen LogP contribution is -2.52. The van der Waals surface area contributed by atoms with E-state index in [1.54, 1.807) is 0 Å². The van der Waals surface area contributed by atoms with E-state index in [1.807, 2.05) is 13.8 Å². The number of likely N-dealkylation sites (N-methyl/N-ethyl adjacent to an activating group) is 1. The fraction of sp³-hybridized carbons (Fsp3) is 0.933. The second-order valence-corrected chi connectivity index (χ2v) is 6.31. The Morgan fingerprint density at radius 2 is 1.95 bits per heavy atom. The summed E-state index contributed by atoms with van der Waals surface area (Å²) in [6.07, 6.45) is 2.12. The smallest absolute Gasteiger partial charge is 0.325 e. The van der Waals surface area contributed by atoms with Gasteiger partial charge in [0.25, 0.3) is 0 Å². The van der Waals surface area contributed by atoms with Gasteiger partial charge < -0.3 is 15.0 Å². The Morgan fingerprint density at radius 1 is 1.37 bits per heavy atom. The number of rotatable bonds is 6. The van der Waals surface area contributed by atoms with Crippen molar-refractivity contribution in [2.75, 3.05) is 33.3 Å². The minimum atomic E-state index is -0.562. The van der Waals surface area contributed by atoms with E-state index < -0.39 is 5.54 Å². The average Bonchev–Trinajstić information content (AvgIpc) is 2.34. The molecule has 1 N–H and O–H groups in total. The molecule has 0 aromatic heterocycles. The Kier molecular flexibility index (Phi) is 6.27. The molecule has 1 aliphatic rings. The lowest BCUT2D eigenvalue weighted by molar-refractivity contribution is -0.148. The predicted octanol–water partition coefficient (Wildman–Crippen LogP) is 1.90. The molecule has 0 saturated carbocycles. The highest BCUT2D eigenvalue weighted by molar-refractivity contribution is 5.80. The Bertz CT molecular complexity index is 286. The third kappa shape index (κ3) is 4.77. The molecule has 0 spiro atoms. The molecule has 0 bridgehead atoms. The normalized spacial score (nSPS) is 27.8. The second kappa shape index (κ2) is 7.25. The van der Waals surface area contributed by atoms with Crippen molar-refractivity contribution in [3.05, 3.63) is 0 Å². The number of ether oxygens (including phenoxy) is 1. The van der Waals surface area contributed by atoms with Gasteiger partial charge in [0, 0.05) is 19.6 Å². The third-order valence-electron chi connectivity index (χ3n) is 4.08. The van der Waals surface area contributed by atoms with E-state index in [4.69, 9.17) is 4.74 Å². The van der Waals surface area contributed by atoms with Crippen LogP contribution in [0.1, 0.15) is 40.5 Å². The highest BCUT2D eigenvalue weighted by Crippen LogP contribution is 2.22. The molecular formula is C15H30N2O2. The minimum Gasteiger partial charge on any atom is -0.468 e. The standard InChI is InChI=1S/C15H30N2O2/c1-6-16-15(4,14(18)19-5)7-8-17-10-12(2)9-13(3)11-17/h12-13,16H,6-11H2,1-5H3. The Morgan fingerprint density at radius 3 is 2.42 bits per heavy atom. The number of nitrogens with zero attached hydrogens (tertiary/aromatic N) is 1. The molecule has 19 heavy (non-hydrogen) atoms. The van der Waals surface area contributed by atoms with E-state index in [9.17, 15) is 4.79 Å². The highest BCUT2D eigenvalue weighted by Gasteiger charge is 2.34. The summed E-state index contributed by atoms with van der Waals surface area (Å²) in [6, 6.07) is 0. The maximum absolute atomic E-state index is 11.9. The summed E-state index contributed by atoms with van der Waals surface area (Å²) in [5.74, 6) is 1.35. The van der Waals surface area contributed by atoms with Crippen LogP contribution in [0.4, 0.5) is 0 Å². The van der Waals surface area contributed by atoms with Gasteiger partial charge in [-0.25, -0.2) is 0 Å². The quantitative estimate of drug-likeness (QED) is 0.749.